The van der Waals surface area contributed by atoms with Crippen LogP contribution in [0.4, 0.5) is 14.5 Å². The SMILES string of the molecule is CC(C)C(c1ccc([N+](=O)[O-])cc1C(F)F)C(C)N. The summed E-state index contributed by atoms with van der Waals surface area (Å²) in [4.78, 5) is 9.99. The van der Waals surface area contributed by atoms with Crippen molar-refractivity contribution in [2.24, 2.45) is 11.7 Å². The zero-order valence-corrected chi connectivity index (χ0v) is 11.1. The van der Waals surface area contributed by atoms with Crippen molar-refractivity contribution in [2.45, 2.75) is 39.2 Å². The molecule has 4 nitrogen and oxygen atoms in total. The number of benzene rings is 1. The first-order valence-electron chi connectivity index (χ1n) is 6.07. The molecule has 0 fully saturated rings. The van der Waals surface area contributed by atoms with Crippen molar-refractivity contribution in [1.29, 1.82) is 0 Å². The Kier molecular flexibility index (Phi) is 4.94. The Labute approximate surface area is 110 Å². The van der Waals surface area contributed by atoms with Crippen LogP contribution in [0.1, 0.15) is 44.2 Å². The number of hydrogen-bond acceptors (Lipinski definition) is 3. The maximum Gasteiger partial charge on any atom is 0.269 e. The molecule has 0 bridgehead atoms. The fourth-order valence-electron chi connectivity index (χ4n) is 2.42. The summed E-state index contributed by atoms with van der Waals surface area (Å²) >= 11 is 0. The normalized spacial score (nSPS) is 14.7. The van der Waals surface area contributed by atoms with Crippen LogP contribution in [-0.2, 0) is 0 Å². The Morgan fingerprint density at radius 2 is 1.79 bits per heavy atom. The Bertz CT molecular complexity index is 454. The minimum atomic E-state index is -2.75. The average Bonchev–Trinajstić information content (AvgIpc) is 2.27. The van der Waals surface area contributed by atoms with Gasteiger partial charge in [0.1, 0.15) is 0 Å². The van der Waals surface area contributed by atoms with Crippen molar-refractivity contribution in [3.63, 3.8) is 0 Å². The molecule has 1 rings (SSSR count). The molecule has 2 N–H and O–H groups in total. The lowest BCUT2D eigenvalue weighted by Crippen LogP contribution is -2.29. The highest BCUT2D eigenvalue weighted by molar-refractivity contribution is 5.43. The van der Waals surface area contributed by atoms with Crippen LogP contribution in [0.2, 0.25) is 0 Å². The van der Waals surface area contributed by atoms with Gasteiger partial charge in [0.05, 0.1) is 4.92 Å². The fraction of sp³-hybridized carbons (Fsp3) is 0.538. The summed E-state index contributed by atoms with van der Waals surface area (Å²) in [5.74, 6) is -0.191. The highest BCUT2D eigenvalue weighted by Gasteiger charge is 2.27. The summed E-state index contributed by atoms with van der Waals surface area (Å²) < 4.78 is 26.2. The second kappa shape index (κ2) is 6.06. The van der Waals surface area contributed by atoms with Gasteiger partial charge in [-0.2, -0.15) is 0 Å². The van der Waals surface area contributed by atoms with Gasteiger partial charge in [0.15, 0.2) is 0 Å². The third-order valence-corrected chi connectivity index (χ3v) is 3.16. The Hall–Kier alpha value is -1.56. The van der Waals surface area contributed by atoms with Gasteiger partial charge in [-0.1, -0.05) is 19.9 Å². The van der Waals surface area contributed by atoms with E-state index in [4.69, 9.17) is 5.73 Å². The average molecular weight is 272 g/mol. The molecule has 19 heavy (non-hydrogen) atoms. The molecule has 106 valence electrons. The molecule has 0 spiro atoms. The topological polar surface area (TPSA) is 69.2 Å². The lowest BCUT2D eigenvalue weighted by molar-refractivity contribution is -0.385. The van der Waals surface area contributed by atoms with Crippen molar-refractivity contribution in [2.75, 3.05) is 0 Å². The summed E-state index contributed by atoms with van der Waals surface area (Å²) in [6.45, 7) is 5.54. The second-order valence-corrected chi connectivity index (χ2v) is 5.00. The summed E-state index contributed by atoms with van der Waals surface area (Å²) in [6, 6.07) is 3.28. The standard InChI is InChI=1S/C13H18F2N2O2/c1-7(2)12(8(3)16)10-5-4-9(17(18)19)6-11(10)13(14)15/h4-8,12-13H,16H2,1-3H3. The van der Waals surface area contributed by atoms with Gasteiger partial charge in [-0.15, -0.1) is 0 Å². The molecule has 2 unspecified atom stereocenters. The van der Waals surface area contributed by atoms with Crippen LogP contribution in [0.5, 0.6) is 0 Å². The number of nitro groups is 1. The summed E-state index contributed by atoms with van der Waals surface area (Å²) in [6.07, 6.45) is -2.75. The second-order valence-electron chi connectivity index (χ2n) is 5.00. The van der Waals surface area contributed by atoms with E-state index in [0.29, 0.717) is 5.56 Å². The largest absolute Gasteiger partial charge is 0.327 e. The maximum absolute atomic E-state index is 13.1. The number of alkyl halides is 2. The van der Waals surface area contributed by atoms with E-state index in [0.717, 1.165) is 6.07 Å². The van der Waals surface area contributed by atoms with Crippen molar-refractivity contribution < 1.29 is 13.7 Å². The minimum absolute atomic E-state index is 0.0685. The van der Waals surface area contributed by atoms with E-state index in [1.807, 2.05) is 13.8 Å². The highest BCUT2D eigenvalue weighted by Crippen LogP contribution is 2.36. The summed E-state index contributed by atoms with van der Waals surface area (Å²) in [5.41, 5.74) is 5.62. The van der Waals surface area contributed by atoms with E-state index in [1.54, 1.807) is 6.92 Å². The Morgan fingerprint density at radius 3 is 2.16 bits per heavy atom. The van der Waals surface area contributed by atoms with Gasteiger partial charge >= 0.3 is 0 Å². The van der Waals surface area contributed by atoms with Gasteiger partial charge in [0, 0.05) is 29.7 Å². The molecule has 0 saturated carbocycles. The lowest BCUT2D eigenvalue weighted by atomic mass is 9.81. The monoisotopic (exact) mass is 272 g/mol. The molecule has 1 aromatic carbocycles. The first-order chi connectivity index (χ1) is 8.75. The van der Waals surface area contributed by atoms with Crippen LogP contribution in [0.25, 0.3) is 0 Å². The van der Waals surface area contributed by atoms with Gasteiger partial charge in [0.25, 0.3) is 12.1 Å². The van der Waals surface area contributed by atoms with E-state index in [2.05, 4.69) is 0 Å². The number of hydrogen-bond donors (Lipinski definition) is 1. The highest BCUT2D eigenvalue weighted by atomic mass is 19.3. The van der Waals surface area contributed by atoms with E-state index in [1.165, 1.54) is 12.1 Å². The predicted octanol–water partition coefficient (Wildman–Crippen LogP) is 3.62. The van der Waals surface area contributed by atoms with Crippen molar-refractivity contribution in [1.82, 2.24) is 0 Å². The zero-order chi connectivity index (χ0) is 14.7. The molecule has 1 aromatic rings. The van der Waals surface area contributed by atoms with Crippen molar-refractivity contribution in [3.05, 3.63) is 39.4 Å². The first kappa shape index (κ1) is 15.5. The molecule has 0 amide bonds. The van der Waals surface area contributed by atoms with Crippen LogP contribution in [0.3, 0.4) is 0 Å². The zero-order valence-electron chi connectivity index (χ0n) is 11.1. The molecule has 0 aromatic heterocycles. The third-order valence-electron chi connectivity index (χ3n) is 3.16. The number of non-ortho nitro benzene ring substituents is 1. The molecular formula is C13H18F2N2O2. The molecule has 0 heterocycles. The quantitative estimate of drug-likeness (QED) is 0.657. The number of rotatable bonds is 5. The van der Waals surface area contributed by atoms with Crippen LogP contribution >= 0.6 is 0 Å². The Balaban J connectivity index is 3.37. The molecule has 2 atom stereocenters. The molecular weight excluding hydrogens is 254 g/mol. The van der Waals surface area contributed by atoms with E-state index in [-0.39, 0.29) is 29.1 Å². The van der Waals surface area contributed by atoms with E-state index in [9.17, 15) is 18.9 Å². The van der Waals surface area contributed by atoms with Crippen LogP contribution in [0, 0.1) is 16.0 Å². The van der Waals surface area contributed by atoms with Crippen LogP contribution < -0.4 is 5.73 Å². The Morgan fingerprint density at radius 1 is 1.21 bits per heavy atom. The van der Waals surface area contributed by atoms with Crippen molar-refractivity contribution in [3.8, 4) is 0 Å². The first-order valence-corrected chi connectivity index (χ1v) is 6.07. The predicted molar refractivity (Wildman–Crippen MR) is 69.3 cm³/mol. The van der Waals surface area contributed by atoms with Gasteiger partial charge in [-0.25, -0.2) is 8.78 Å². The summed E-state index contributed by atoms with van der Waals surface area (Å²) in [7, 11) is 0. The third kappa shape index (κ3) is 3.47. The minimum Gasteiger partial charge on any atom is -0.327 e. The number of halogens is 2. The van der Waals surface area contributed by atoms with E-state index < -0.39 is 11.3 Å². The molecule has 0 aliphatic heterocycles. The van der Waals surface area contributed by atoms with Gasteiger partial charge in [-0.3, -0.25) is 10.1 Å². The molecule has 0 radical (unpaired) electrons. The van der Waals surface area contributed by atoms with Gasteiger partial charge in [-0.05, 0) is 18.4 Å². The van der Waals surface area contributed by atoms with Gasteiger partial charge < -0.3 is 5.73 Å². The molecule has 6 heteroatoms. The number of nitrogens with zero attached hydrogens (tertiary/aromatic N) is 1. The smallest absolute Gasteiger partial charge is 0.269 e. The summed E-state index contributed by atoms with van der Waals surface area (Å²) in [5, 5.41) is 10.7. The number of nitrogens with two attached hydrogens (primary N) is 1. The maximum atomic E-state index is 13.1. The number of nitro benzene ring substituents is 1. The molecule has 0 aliphatic carbocycles. The van der Waals surface area contributed by atoms with Gasteiger partial charge in [0.2, 0.25) is 0 Å². The molecule has 0 saturated heterocycles. The van der Waals surface area contributed by atoms with Crippen LogP contribution in [-0.4, -0.2) is 11.0 Å². The lowest BCUT2D eigenvalue weighted by Gasteiger charge is -2.27. The molecule has 0 aliphatic rings. The van der Waals surface area contributed by atoms with Crippen LogP contribution in [0.15, 0.2) is 18.2 Å². The van der Waals surface area contributed by atoms with Crippen molar-refractivity contribution >= 4 is 5.69 Å². The van der Waals surface area contributed by atoms with E-state index >= 15 is 0 Å². The fourth-order valence-corrected chi connectivity index (χ4v) is 2.42.